The Morgan fingerprint density at radius 2 is 1.84 bits per heavy atom. The van der Waals surface area contributed by atoms with Crippen molar-refractivity contribution in [2.45, 2.75) is 77.5 Å². The fraction of sp³-hybridized carbons (Fsp3) is 0.741. The Labute approximate surface area is 199 Å². The molecule has 0 aliphatic heterocycles. The molecule has 174 valence electrons. The van der Waals surface area contributed by atoms with Gasteiger partial charge in [0.25, 0.3) is 0 Å². The normalized spacial score (nSPS) is 49.7. The van der Waals surface area contributed by atoms with Crippen molar-refractivity contribution in [3.63, 3.8) is 0 Å². The molecule has 0 heterocycles. The number of fused-ring (bicyclic) bond motifs is 1. The topological polar surface area (TPSA) is 71.4 Å². The van der Waals surface area contributed by atoms with Crippen LogP contribution in [0.5, 0.6) is 0 Å². The van der Waals surface area contributed by atoms with E-state index in [1.807, 2.05) is 6.92 Å². The molecule has 0 aromatic heterocycles. The lowest BCUT2D eigenvalue weighted by atomic mass is 9.33. The van der Waals surface area contributed by atoms with Crippen LogP contribution in [0.25, 0.3) is 0 Å². The molecule has 4 nitrogen and oxygen atoms in total. The van der Waals surface area contributed by atoms with E-state index in [0.717, 1.165) is 38.5 Å². The standard InChI is InChI=1S/C27H35BrO4/c1-14(2)17-13-26-10-7-19-24(4,8-6-9-25(19,5)23(31)32)20(26)12-16(17)21-18(29)11-15(3)22(30)27(21,26)28/h11,13-14,16,19-21H,6-10,12H2,1-5H3,(H,31,32)/t16-,19+,20+,21-,24-,25+,26-,27+/m0/s1. The third-order valence-electron chi connectivity index (χ3n) is 10.6. The first-order valence-corrected chi connectivity index (χ1v) is 13.1. The number of carbonyl (C=O) groups excluding carboxylic acids is 2. The van der Waals surface area contributed by atoms with E-state index in [4.69, 9.17) is 0 Å². The maximum atomic E-state index is 13.9. The quantitative estimate of drug-likeness (QED) is 0.385. The third kappa shape index (κ3) is 2.37. The van der Waals surface area contributed by atoms with Gasteiger partial charge >= 0.3 is 5.97 Å². The van der Waals surface area contributed by atoms with Crippen LogP contribution in [-0.4, -0.2) is 27.0 Å². The van der Waals surface area contributed by atoms with Gasteiger partial charge in [0, 0.05) is 5.41 Å². The van der Waals surface area contributed by atoms with Gasteiger partial charge in [-0.05, 0) is 86.7 Å². The van der Waals surface area contributed by atoms with Crippen LogP contribution in [0.1, 0.15) is 73.1 Å². The number of halogens is 1. The van der Waals surface area contributed by atoms with Crippen LogP contribution < -0.4 is 0 Å². The van der Waals surface area contributed by atoms with Gasteiger partial charge in [-0.15, -0.1) is 0 Å². The zero-order chi connectivity index (χ0) is 23.4. The first-order valence-electron chi connectivity index (χ1n) is 12.3. The molecule has 6 rings (SSSR count). The summed E-state index contributed by atoms with van der Waals surface area (Å²) in [6.07, 6.45) is 9.03. The zero-order valence-electron chi connectivity index (χ0n) is 19.8. The van der Waals surface area contributed by atoms with E-state index in [0.29, 0.717) is 11.5 Å². The molecule has 0 unspecified atom stereocenters. The summed E-state index contributed by atoms with van der Waals surface area (Å²) < 4.78 is -0.910. The minimum Gasteiger partial charge on any atom is -0.481 e. The number of ketones is 2. The second kappa shape index (κ2) is 6.67. The molecule has 0 saturated heterocycles. The number of carbonyl (C=O) groups is 3. The van der Waals surface area contributed by atoms with E-state index in [1.54, 1.807) is 13.0 Å². The zero-order valence-corrected chi connectivity index (χ0v) is 21.4. The Hall–Kier alpha value is -1.23. The Balaban J connectivity index is 1.74. The molecule has 0 radical (unpaired) electrons. The van der Waals surface area contributed by atoms with E-state index in [2.05, 4.69) is 42.8 Å². The van der Waals surface area contributed by atoms with Gasteiger partial charge in [-0.25, -0.2) is 0 Å². The number of hydrogen-bond donors (Lipinski definition) is 1. The van der Waals surface area contributed by atoms with Gasteiger partial charge in [-0.3, -0.25) is 14.4 Å². The summed E-state index contributed by atoms with van der Waals surface area (Å²) in [5.74, 6) is -0.244. The highest BCUT2D eigenvalue weighted by Gasteiger charge is 2.76. The van der Waals surface area contributed by atoms with Crippen LogP contribution in [0.4, 0.5) is 0 Å². The minimum atomic E-state index is -0.910. The number of Topliss-reactive ketones (excluding diaryl/α,β-unsaturated/α-hetero) is 1. The SMILES string of the molecule is CC1=CC(=O)[C@@H]2[C@H]3C[C@@H]4[C@@]5(C)CCC[C@@](C)(C(=O)O)[C@@H]5CC[C@@]4(C=C3C(C)C)[C@]2(Br)C1=O. The highest BCUT2D eigenvalue weighted by atomic mass is 79.9. The Morgan fingerprint density at radius 1 is 1.16 bits per heavy atom. The molecule has 2 bridgehead atoms. The van der Waals surface area contributed by atoms with Crippen molar-refractivity contribution >= 4 is 33.5 Å². The van der Waals surface area contributed by atoms with Gasteiger partial charge in [-0.2, -0.15) is 0 Å². The second-order valence-corrected chi connectivity index (χ2v) is 13.4. The smallest absolute Gasteiger partial charge is 0.309 e. The van der Waals surface area contributed by atoms with E-state index >= 15 is 0 Å². The van der Waals surface area contributed by atoms with Crippen LogP contribution >= 0.6 is 15.9 Å². The molecule has 1 N–H and O–H groups in total. The van der Waals surface area contributed by atoms with E-state index < -0.39 is 21.1 Å². The van der Waals surface area contributed by atoms with Crippen molar-refractivity contribution in [2.75, 3.05) is 0 Å². The fourth-order valence-electron chi connectivity index (χ4n) is 9.26. The van der Waals surface area contributed by atoms with Crippen molar-refractivity contribution in [1.29, 1.82) is 0 Å². The number of alkyl halides is 1. The maximum absolute atomic E-state index is 13.9. The van der Waals surface area contributed by atoms with Crippen molar-refractivity contribution < 1.29 is 19.5 Å². The largest absolute Gasteiger partial charge is 0.481 e. The predicted molar refractivity (Wildman–Crippen MR) is 126 cm³/mol. The molecule has 32 heavy (non-hydrogen) atoms. The number of rotatable bonds is 2. The van der Waals surface area contributed by atoms with Gasteiger partial charge in [0.1, 0.15) is 4.32 Å². The number of hydrogen-bond acceptors (Lipinski definition) is 3. The van der Waals surface area contributed by atoms with Gasteiger partial charge in [0.15, 0.2) is 11.6 Å². The molecule has 1 spiro atoms. The number of carboxylic acids is 1. The van der Waals surface area contributed by atoms with Gasteiger partial charge in [0.05, 0.1) is 11.3 Å². The summed E-state index contributed by atoms with van der Waals surface area (Å²) in [5.41, 5.74) is 0.544. The Bertz CT molecular complexity index is 994. The first kappa shape index (κ1) is 22.6. The summed E-state index contributed by atoms with van der Waals surface area (Å²) >= 11 is 4.01. The molecule has 6 aliphatic rings. The minimum absolute atomic E-state index is 0.0376. The molecule has 5 heteroatoms. The monoisotopic (exact) mass is 502 g/mol. The molecule has 0 amide bonds. The number of allylic oxidation sites excluding steroid dienone is 4. The van der Waals surface area contributed by atoms with Gasteiger partial charge < -0.3 is 5.11 Å². The summed E-state index contributed by atoms with van der Waals surface area (Å²) in [4.78, 5) is 39.7. The maximum Gasteiger partial charge on any atom is 0.309 e. The first-order chi connectivity index (χ1) is 14.8. The van der Waals surface area contributed by atoms with Gasteiger partial charge in [0.2, 0.25) is 0 Å². The summed E-state index contributed by atoms with van der Waals surface area (Å²) in [6, 6.07) is 0. The summed E-state index contributed by atoms with van der Waals surface area (Å²) in [7, 11) is 0. The van der Waals surface area contributed by atoms with Crippen LogP contribution in [0.15, 0.2) is 23.3 Å². The van der Waals surface area contributed by atoms with Gasteiger partial charge in [-0.1, -0.05) is 54.8 Å². The van der Waals surface area contributed by atoms with Crippen molar-refractivity contribution in [3.8, 4) is 0 Å². The van der Waals surface area contributed by atoms with Crippen LogP contribution in [-0.2, 0) is 14.4 Å². The molecule has 0 aromatic rings. The highest BCUT2D eigenvalue weighted by molar-refractivity contribution is 9.10. The molecule has 3 fully saturated rings. The van der Waals surface area contributed by atoms with E-state index in [9.17, 15) is 19.5 Å². The number of carboxylic acid groups (broad SMARTS) is 1. The fourth-order valence-corrected chi connectivity index (χ4v) is 10.7. The lowest BCUT2D eigenvalue weighted by Gasteiger charge is -2.72. The average Bonchev–Trinajstić information content (AvgIpc) is 2.71. The molecular formula is C27H35BrO4. The second-order valence-electron chi connectivity index (χ2n) is 12.2. The van der Waals surface area contributed by atoms with Crippen LogP contribution in [0.3, 0.4) is 0 Å². The molecule has 6 aliphatic carbocycles. The molecule has 8 atom stereocenters. The molecular weight excluding hydrogens is 468 g/mol. The van der Waals surface area contributed by atoms with Crippen molar-refractivity contribution in [2.24, 2.45) is 45.8 Å². The Morgan fingerprint density at radius 3 is 2.47 bits per heavy atom. The van der Waals surface area contributed by atoms with Crippen molar-refractivity contribution in [1.82, 2.24) is 0 Å². The lowest BCUT2D eigenvalue weighted by molar-refractivity contribution is -0.192. The average molecular weight is 503 g/mol. The van der Waals surface area contributed by atoms with Crippen molar-refractivity contribution in [3.05, 3.63) is 23.3 Å². The summed E-state index contributed by atoms with van der Waals surface area (Å²) in [5, 5.41) is 10.2. The lowest BCUT2D eigenvalue weighted by Crippen LogP contribution is -2.73. The number of aliphatic carboxylic acids is 1. The predicted octanol–water partition coefficient (Wildman–Crippen LogP) is 5.74. The third-order valence-corrected chi connectivity index (χ3v) is 12.2. The molecule has 0 aromatic carbocycles. The van der Waals surface area contributed by atoms with Crippen LogP contribution in [0.2, 0.25) is 0 Å². The summed E-state index contributed by atoms with van der Waals surface area (Å²) in [6.45, 7) is 10.4. The molecule has 3 saturated carbocycles. The highest BCUT2D eigenvalue weighted by Crippen LogP contribution is 2.76. The van der Waals surface area contributed by atoms with E-state index in [-0.39, 0.29) is 40.7 Å². The van der Waals surface area contributed by atoms with Crippen LogP contribution in [0, 0.1) is 45.8 Å². The Kier molecular flexibility index (Phi) is 4.70. The van der Waals surface area contributed by atoms with E-state index in [1.165, 1.54) is 5.57 Å².